The van der Waals surface area contributed by atoms with Crippen LogP contribution in [-0.4, -0.2) is 26.7 Å². The first kappa shape index (κ1) is 18.7. The number of fused-ring (bicyclic) bond motifs is 1. The largest absolute Gasteiger partial charge is 0.333 e. The molecule has 2 N–H and O–H groups in total. The molecule has 3 rings (SSSR count). The van der Waals surface area contributed by atoms with Crippen molar-refractivity contribution in [1.82, 2.24) is 5.32 Å². The van der Waals surface area contributed by atoms with Crippen molar-refractivity contribution in [3.63, 3.8) is 0 Å². The van der Waals surface area contributed by atoms with Crippen molar-refractivity contribution in [3.05, 3.63) is 46.2 Å². The monoisotopic (exact) mass is 393 g/mol. The van der Waals surface area contributed by atoms with Crippen molar-refractivity contribution in [3.8, 4) is 0 Å². The highest BCUT2D eigenvalue weighted by atomic mass is 32.2. The zero-order valence-electron chi connectivity index (χ0n) is 14.7. The molecule has 6 nitrogen and oxygen atoms in total. The van der Waals surface area contributed by atoms with Crippen LogP contribution in [0.4, 0.5) is 16.2 Å². The second-order valence-electron chi connectivity index (χ2n) is 6.22. The molecule has 0 unspecified atom stereocenters. The maximum Gasteiger partial charge on any atom is 0.319 e. The third kappa shape index (κ3) is 4.37. The number of nitrogens with zero attached hydrogens (tertiary/aromatic N) is 1. The van der Waals surface area contributed by atoms with Gasteiger partial charge in [-0.15, -0.1) is 11.3 Å². The molecule has 0 aliphatic carbocycles. The summed E-state index contributed by atoms with van der Waals surface area (Å²) in [4.78, 5) is 13.2. The van der Waals surface area contributed by atoms with Gasteiger partial charge in [-0.1, -0.05) is 19.1 Å². The van der Waals surface area contributed by atoms with Gasteiger partial charge in [0.15, 0.2) is 0 Å². The molecule has 0 spiro atoms. The van der Waals surface area contributed by atoms with Crippen molar-refractivity contribution >= 4 is 38.8 Å². The van der Waals surface area contributed by atoms with Crippen molar-refractivity contribution in [2.75, 3.05) is 21.9 Å². The van der Waals surface area contributed by atoms with E-state index in [1.54, 1.807) is 17.4 Å². The average Bonchev–Trinajstić information content (AvgIpc) is 3.13. The number of carbonyl (C=O) groups is 1. The van der Waals surface area contributed by atoms with Crippen LogP contribution in [0.15, 0.2) is 35.7 Å². The molecule has 1 aliphatic rings. The molecule has 0 bridgehead atoms. The summed E-state index contributed by atoms with van der Waals surface area (Å²) in [6.07, 6.45) is 2.24. The minimum Gasteiger partial charge on any atom is -0.333 e. The summed E-state index contributed by atoms with van der Waals surface area (Å²) >= 11 is 1.58. The Balaban J connectivity index is 1.73. The SMILES string of the molecule is CCCS(=O)(=O)N1CCCc2ccc(NC(=O)NCc3cccs3)cc21. The lowest BCUT2D eigenvalue weighted by Gasteiger charge is -2.31. The number of thiophene rings is 1. The summed E-state index contributed by atoms with van der Waals surface area (Å²) in [6.45, 7) is 2.81. The fourth-order valence-corrected chi connectivity index (χ4v) is 5.29. The van der Waals surface area contributed by atoms with Crippen molar-refractivity contribution in [2.24, 2.45) is 0 Å². The van der Waals surface area contributed by atoms with E-state index < -0.39 is 10.0 Å². The lowest BCUT2D eigenvalue weighted by Crippen LogP contribution is -2.37. The molecule has 8 heteroatoms. The highest BCUT2D eigenvalue weighted by Crippen LogP contribution is 2.32. The Morgan fingerprint density at radius 1 is 1.31 bits per heavy atom. The molecule has 0 saturated heterocycles. The quantitative estimate of drug-likeness (QED) is 0.788. The Bertz CT molecular complexity index is 864. The fourth-order valence-electron chi connectivity index (χ4n) is 3.03. The van der Waals surface area contributed by atoms with E-state index in [9.17, 15) is 13.2 Å². The van der Waals surface area contributed by atoms with Gasteiger partial charge in [0, 0.05) is 17.1 Å². The second-order valence-corrected chi connectivity index (χ2v) is 9.27. The molecule has 26 heavy (non-hydrogen) atoms. The van der Waals surface area contributed by atoms with Gasteiger partial charge in [0.2, 0.25) is 10.0 Å². The summed E-state index contributed by atoms with van der Waals surface area (Å²) in [5, 5.41) is 7.56. The first-order valence-corrected chi connectivity index (χ1v) is 11.2. The fraction of sp³-hybridized carbons (Fsp3) is 0.389. The molecular weight excluding hydrogens is 370 g/mol. The van der Waals surface area contributed by atoms with Crippen molar-refractivity contribution < 1.29 is 13.2 Å². The van der Waals surface area contributed by atoms with E-state index in [0.29, 0.717) is 30.9 Å². The number of amides is 2. The van der Waals surface area contributed by atoms with Gasteiger partial charge in [-0.3, -0.25) is 4.31 Å². The Hall–Kier alpha value is -2.06. The number of hydrogen-bond donors (Lipinski definition) is 2. The van der Waals surface area contributed by atoms with E-state index in [2.05, 4.69) is 10.6 Å². The summed E-state index contributed by atoms with van der Waals surface area (Å²) < 4.78 is 26.6. The minimum atomic E-state index is -3.33. The van der Waals surface area contributed by atoms with Crippen LogP contribution in [0.1, 0.15) is 30.2 Å². The second kappa shape index (κ2) is 8.09. The van der Waals surface area contributed by atoms with Gasteiger partial charge < -0.3 is 10.6 Å². The zero-order chi connectivity index (χ0) is 18.6. The van der Waals surface area contributed by atoms with Gasteiger partial charge in [0.1, 0.15) is 0 Å². The van der Waals surface area contributed by atoms with Gasteiger partial charge in [-0.2, -0.15) is 0 Å². The first-order valence-electron chi connectivity index (χ1n) is 8.70. The maximum atomic E-state index is 12.5. The molecule has 0 fully saturated rings. The number of sulfonamides is 1. The molecule has 2 aromatic rings. The Morgan fingerprint density at radius 2 is 2.15 bits per heavy atom. The van der Waals surface area contributed by atoms with Crippen LogP contribution in [0.2, 0.25) is 0 Å². The molecule has 2 amide bonds. The van der Waals surface area contributed by atoms with Crippen LogP contribution in [0.5, 0.6) is 0 Å². The molecule has 1 aliphatic heterocycles. The van der Waals surface area contributed by atoms with Crippen molar-refractivity contribution in [2.45, 2.75) is 32.7 Å². The van der Waals surface area contributed by atoms with Crippen LogP contribution in [0.25, 0.3) is 0 Å². The molecule has 140 valence electrons. The van der Waals surface area contributed by atoms with E-state index in [0.717, 1.165) is 23.3 Å². The Labute approximate surface area is 158 Å². The number of benzene rings is 1. The molecule has 1 aromatic carbocycles. The van der Waals surface area contributed by atoms with E-state index in [-0.39, 0.29) is 11.8 Å². The summed E-state index contributed by atoms with van der Waals surface area (Å²) in [6, 6.07) is 9.07. The predicted molar refractivity (Wildman–Crippen MR) is 106 cm³/mol. The minimum absolute atomic E-state index is 0.130. The Morgan fingerprint density at radius 3 is 2.88 bits per heavy atom. The number of nitrogens with one attached hydrogen (secondary N) is 2. The number of carbonyl (C=O) groups excluding carboxylic acids is 1. The standard InChI is InChI=1S/C18H23N3O3S2/c1-2-11-26(23,24)21-9-3-5-14-7-8-15(12-17(14)21)20-18(22)19-13-16-6-4-10-25-16/h4,6-8,10,12H,2-3,5,9,11,13H2,1H3,(H2,19,20,22). The summed E-state index contributed by atoms with van der Waals surface area (Å²) in [7, 11) is -3.33. The maximum absolute atomic E-state index is 12.5. The van der Waals surface area contributed by atoms with Crippen LogP contribution >= 0.6 is 11.3 Å². The van der Waals surface area contributed by atoms with Gasteiger partial charge in [-0.05, 0) is 48.4 Å². The molecule has 1 aromatic heterocycles. The van der Waals surface area contributed by atoms with Crippen molar-refractivity contribution in [1.29, 1.82) is 0 Å². The smallest absolute Gasteiger partial charge is 0.319 e. The van der Waals surface area contributed by atoms with E-state index in [1.807, 2.05) is 36.6 Å². The van der Waals surface area contributed by atoms with Crippen LogP contribution in [-0.2, 0) is 23.0 Å². The van der Waals surface area contributed by atoms with E-state index in [1.165, 1.54) is 4.31 Å². The number of anilines is 2. The first-order chi connectivity index (χ1) is 12.5. The summed E-state index contributed by atoms with van der Waals surface area (Å²) in [5.41, 5.74) is 2.27. The number of urea groups is 1. The normalized spacial score (nSPS) is 14.0. The number of rotatable bonds is 6. The van der Waals surface area contributed by atoms with Crippen LogP contribution in [0.3, 0.4) is 0 Å². The molecule has 0 saturated carbocycles. The number of aryl methyl sites for hydroxylation is 1. The highest BCUT2D eigenvalue weighted by molar-refractivity contribution is 7.92. The summed E-state index contributed by atoms with van der Waals surface area (Å²) in [5.74, 6) is 0.130. The van der Waals surface area contributed by atoms with E-state index >= 15 is 0 Å². The van der Waals surface area contributed by atoms with Gasteiger partial charge in [-0.25, -0.2) is 13.2 Å². The zero-order valence-corrected chi connectivity index (χ0v) is 16.3. The van der Waals surface area contributed by atoms with Crippen LogP contribution in [0, 0.1) is 0 Å². The lowest BCUT2D eigenvalue weighted by molar-refractivity contribution is 0.252. The van der Waals surface area contributed by atoms with Gasteiger partial charge >= 0.3 is 6.03 Å². The van der Waals surface area contributed by atoms with Crippen LogP contribution < -0.4 is 14.9 Å². The average molecular weight is 394 g/mol. The van der Waals surface area contributed by atoms with Gasteiger partial charge in [0.05, 0.1) is 18.0 Å². The predicted octanol–water partition coefficient (Wildman–Crippen LogP) is 3.56. The topological polar surface area (TPSA) is 78.5 Å². The molecule has 0 radical (unpaired) electrons. The van der Waals surface area contributed by atoms with Gasteiger partial charge in [0.25, 0.3) is 0 Å². The number of hydrogen-bond acceptors (Lipinski definition) is 4. The molecule has 0 atom stereocenters. The highest BCUT2D eigenvalue weighted by Gasteiger charge is 2.27. The molecular formula is C18H23N3O3S2. The van der Waals surface area contributed by atoms with E-state index in [4.69, 9.17) is 0 Å². The Kier molecular flexibility index (Phi) is 5.83. The third-order valence-electron chi connectivity index (χ3n) is 4.22. The third-order valence-corrected chi connectivity index (χ3v) is 7.07. The molecule has 2 heterocycles. The lowest BCUT2D eigenvalue weighted by atomic mass is 10.0.